The molecule has 0 unspecified atom stereocenters. The molecule has 2 nitrogen and oxygen atoms in total. The summed E-state index contributed by atoms with van der Waals surface area (Å²) in [6.45, 7) is 3.03. The first-order valence-electron chi connectivity index (χ1n) is 4.99. The second-order valence-corrected chi connectivity index (χ2v) is 3.62. The number of aryl methyl sites for hydroxylation is 1. The maximum atomic E-state index is 5.29. The highest BCUT2D eigenvalue weighted by molar-refractivity contribution is 6.01. The van der Waals surface area contributed by atoms with Gasteiger partial charge in [0.15, 0.2) is 0 Å². The summed E-state index contributed by atoms with van der Waals surface area (Å²) < 4.78 is 5.29. The Bertz CT molecular complexity index is 369. The topological polar surface area (TPSA) is 21.6 Å². The fourth-order valence-corrected chi connectivity index (χ4v) is 1.77. The zero-order chi connectivity index (χ0) is 9.97. The first-order chi connectivity index (χ1) is 6.81. The SMILES string of the molecule is COc1cc(C2=NCCC2)ccc1C. The Morgan fingerprint density at radius 1 is 1.36 bits per heavy atom. The average Bonchev–Trinajstić information content (AvgIpc) is 2.71. The summed E-state index contributed by atoms with van der Waals surface area (Å²) in [4.78, 5) is 4.47. The van der Waals surface area contributed by atoms with Crippen molar-refractivity contribution in [3.8, 4) is 5.75 Å². The molecular weight excluding hydrogens is 174 g/mol. The highest BCUT2D eigenvalue weighted by Crippen LogP contribution is 2.22. The molecule has 1 aliphatic rings. The van der Waals surface area contributed by atoms with Crippen LogP contribution in [0.1, 0.15) is 24.0 Å². The minimum absolute atomic E-state index is 0.956. The molecule has 1 aliphatic heterocycles. The van der Waals surface area contributed by atoms with Crippen LogP contribution in [0, 0.1) is 6.92 Å². The molecular formula is C12H15NO. The van der Waals surface area contributed by atoms with Gasteiger partial charge in [-0.05, 0) is 37.0 Å². The summed E-state index contributed by atoms with van der Waals surface area (Å²) in [6.07, 6.45) is 2.29. The largest absolute Gasteiger partial charge is 0.496 e. The minimum atomic E-state index is 0.956. The van der Waals surface area contributed by atoms with Crippen LogP contribution in [-0.2, 0) is 0 Å². The molecule has 0 saturated heterocycles. The standard InChI is InChI=1S/C12H15NO/c1-9-5-6-10(8-12(9)14-2)11-4-3-7-13-11/h5-6,8H,3-4,7H2,1-2H3. The van der Waals surface area contributed by atoms with E-state index in [0.717, 1.165) is 18.7 Å². The fraction of sp³-hybridized carbons (Fsp3) is 0.417. The first-order valence-corrected chi connectivity index (χ1v) is 4.99. The molecule has 74 valence electrons. The fourth-order valence-electron chi connectivity index (χ4n) is 1.77. The van der Waals surface area contributed by atoms with Crippen LogP contribution in [0.4, 0.5) is 0 Å². The van der Waals surface area contributed by atoms with Crippen LogP contribution in [-0.4, -0.2) is 19.4 Å². The van der Waals surface area contributed by atoms with Crippen LogP contribution < -0.4 is 4.74 Å². The number of ether oxygens (including phenoxy) is 1. The Kier molecular flexibility index (Phi) is 2.53. The number of rotatable bonds is 2. The summed E-state index contributed by atoms with van der Waals surface area (Å²) >= 11 is 0. The van der Waals surface area contributed by atoms with Crippen LogP contribution in [0.3, 0.4) is 0 Å². The smallest absolute Gasteiger partial charge is 0.122 e. The van der Waals surface area contributed by atoms with Crippen molar-refractivity contribution in [2.24, 2.45) is 4.99 Å². The number of hydrogen-bond acceptors (Lipinski definition) is 2. The molecule has 0 radical (unpaired) electrons. The van der Waals surface area contributed by atoms with Gasteiger partial charge in [-0.3, -0.25) is 4.99 Å². The third-order valence-corrected chi connectivity index (χ3v) is 2.62. The highest BCUT2D eigenvalue weighted by Gasteiger charge is 2.10. The lowest BCUT2D eigenvalue weighted by Gasteiger charge is -2.07. The van der Waals surface area contributed by atoms with Crippen LogP contribution in [0.5, 0.6) is 5.75 Å². The van der Waals surface area contributed by atoms with E-state index in [1.54, 1.807) is 7.11 Å². The van der Waals surface area contributed by atoms with Crippen molar-refractivity contribution in [3.05, 3.63) is 29.3 Å². The zero-order valence-electron chi connectivity index (χ0n) is 8.71. The maximum Gasteiger partial charge on any atom is 0.122 e. The van der Waals surface area contributed by atoms with Crippen molar-refractivity contribution in [2.45, 2.75) is 19.8 Å². The minimum Gasteiger partial charge on any atom is -0.496 e. The summed E-state index contributed by atoms with van der Waals surface area (Å²) in [7, 11) is 1.71. The van der Waals surface area contributed by atoms with E-state index in [9.17, 15) is 0 Å². The van der Waals surface area contributed by atoms with Gasteiger partial charge < -0.3 is 4.74 Å². The third kappa shape index (κ3) is 1.65. The van der Waals surface area contributed by atoms with Gasteiger partial charge in [-0.2, -0.15) is 0 Å². The Morgan fingerprint density at radius 3 is 2.86 bits per heavy atom. The van der Waals surface area contributed by atoms with Gasteiger partial charge in [0.1, 0.15) is 5.75 Å². The van der Waals surface area contributed by atoms with Crippen LogP contribution >= 0.6 is 0 Å². The molecule has 0 fully saturated rings. The summed E-state index contributed by atoms with van der Waals surface area (Å²) in [6, 6.07) is 6.30. The molecule has 1 heterocycles. The van der Waals surface area contributed by atoms with Crippen LogP contribution in [0.25, 0.3) is 0 Å². The van der Waals surface area contributed by atoms with Gasteiger partial charge in [0.2, 0.25) is 0 Å². The van der Waals surface area contributed by atoms with Gasteiger partial charge in [-0.25, -0.2) is 0 Å². The molecule has 0 aromatic heterocycles. The lowest BCUT2D eigenvalue weighted by molar-refractivity contribution is 0.411. The molecule has 1 aromatic carbocycles. The van der Waals surface area contributed by atoms with E-state index >= 15 is 0 Å². The Morgan fingerprint density at radius 2 is 2.21 bits per heavy atom. The lowest BCUT2D eigenvalue weighted by atomic mass is 10.1. The van der Waals surface area contributed by atoms with Gasteiger partial charge in [-0.15, -0.1) is 0 Å². The van der Waals surface area contributed by atoms with Gasteiger partial charge in [0.05, 0.1) is 7.11 Å². The number of nitrogens with zero attached hydrogens (tertiary/aromatic N) is 1. The van der Waals surface area contributed by atoms with Crippen molar-refractivity contribution in [2.75, 3.05) is 13.7 Å². The average molecular weight is 189 g/mol. The second-order valence-electron chi connectivity index (χ2n) is 3.62. The number of benzene rings is 1. The molecule has 0 spiro atoms. The van der Waals surface area contributed by atoms with Gasteiger partial charge in [-0.1, -0.05) is 12.1 Å². The van der Waals surface area contributed by atoms with E-state index in [1.807, 2.05) is 0 Å². The van der Waals surface area contributed by atoms with Crippen molar-refractivity contribution >= 4 is 5.71 Å². The van der Waals surface area contributed by atoms with E-state index in [0.29, 0.717) is 0 Å². The van der Waals surface area contributed by atoms with E-state index in [-0.39, 0.29) is 0 Å². The molecule has 0 saturated carbocycles. The zero-order valence-corrected chi connectivity index (χ0v) is 8.71. The van der Waals surface area contributed by atoms with Crippen LogP contribution in [0.2, 0.25) is 0 Å². The predicted octanol–water partition coefficient (Wildman–Crippen LogP) is 2.59. The van der Waals surface area contributed by atoms with E-state index in [2.05, 4.69) is 30.1 Å². The molecule has 0 atom stereocenters. The molecule has 2 rings (SSSR count). The third-order valence-electron chi connectivity index (χ3n) is 2.62. The first kappa shape index (κ1) is 9.25. The molecule has 0 aliphatic carbocycles. The van der Waals surface area contributed by atoms with Crippen LogP contribution in [0.15, 0.2) is 23.2 Å². The Hall–Kier alpha value is -1.31. The van der Waals surface area contributed by atoms with Crippen molar-refractivity contribution in [1.82, 2.24) is 0 Å². The predicted molar refractivity (Wildman–Crippen MR) is 58.4 cm³/mol. The number of aliphatic imine (C=N–C) groups is 1. The molecule has 14 heavy (non-hydrogen) atoms. The second kappa shape index (κ2) is 3.82. The highest BCUT2D eigenvalue weighted by atomic mass is 16.5. The quantitative estimate of drug-likeness (QED) is 0.700. The van der Waals surface area contributed by atoms with E-state index in [1.165, 1.54) is 23.3 Å². The van der Waals surface area contributed by atoms with E-state index in [4.69, 9.17) is 4.74 Å². The molecule has 1 aromatic rings. The monoisotopic (exact) mass is 189 g/mol. The Balaban J connectivity index is 2.35. The van der Waals surface area contributed by atoms with Crippen molar-refractivity contribution in [3.63, 3.8) is 0 Å². The number of methoxy groups -OCH3 is 1. The molecule has 2 heteroatoms. The normalized spacial score (nSPS) is 15.4. The number of hydrogen-bond donors (Lipinski definition) is 0. The van der Waals surface area contributed by atoms with Crippen molar-refractivity contribution < 1.29 is 4.74 Å². The maximum absolute atomic E-state index is 5.29. The Labute approximate surface area is 84.6 Å². The van der Waals surface area contributed by atoms with Gasteiger partial charge in [0.25, 0.3) is 0 Å². The molecule has 0 N–H and O–H groups in total. The molecule has 0 bridgehead atoms. The summed E-state index contributed by atoms with van der Waals surface area (Å²) in [5.41, 5.74) is 3.61. The van der Waals surface area contributed by atoms with Crippen molar-refractivity contribution in [1.29, 1.82) is 0 Å². The van der Waals surface area contributed by atoms with Gasteiger partial charge in [0, 0.05) is 12.3 Å². The summed E-state index contributed by atoms with van der Waals surface area (Å²) in [5, 5.41) is 0. The van der Waals surface area contributed by atoms with E-state index < -0.39 is 0 Å². The lowest BCUT2D eigenvalue weighted by Crippen LogP contribution is -1.97. The van der Waals surface area contributed by atoms with Gasteiger partial charge >= 0.3 is 0 Å². The molecule has 0 amide bonds. The summed E-state index contributed by atoms with van der Waals surface area (Å²) in [5.74, 6) is 0.956.